The molecule has 3 aromatic rings. The van der Waals surface area contributed by atoms with Gasteiger partial charge in [0.15, 0.2) is 0 Å². The van der Waals surface area contributed by atoms with Gasteiger partial charge in [0.05, 0.1) is 0 Å². The minimum absolute atomic E-state index is 0.0819. The van der Waals surface area contributed by atoms with Crippen LogP contribution in [0.5, 0.6) is 0 Å². The molecule has 3 rings (SSSR count). The molecular formula is C33H44B-. The van der Waals surface area contributed by atoms with Crippen molar-refractivity contribution in [3.05, 3.63) is 98.5 Å². The molecule has 0 aromatic heterocycles. The van der Waals surface area contributed by atoms with Gasteiger partial charge in [0.1, 0.15) is 6.15 Å². The molecule has 180 valence electrons. The molecule has 0 saturated heterocycles. The van der Waals surface area contributed by atoms with Gasteiger partial charge in [-0.1, -0.05) is 107 Å². The van der Waals surface area contributed by atoms with E-state index >= 15 is 0 Å². The van der Waals surface area contributed by atoms with Crippen molar-refractivity contribution in [1.29, 1.82) is 0 Å². The molecule has 0 aliphatic rings. The van der Waals surface area contributed by atoms with Gasteiger partial charge in [-0.05, 0) is 67.7 Å². The van der Waals surface area contributed by atoms with Gasteiger partial charge in [-0.3, -0.25) is 0 Å². The average molecular weight is 452 g/mol. The second-order valence-corrected chi connectivity index (χ2v) is 12.1. The second-order valence-electron chi connectivity index (χ2n) is 12.1. The third-order valence-electron chi connectivity index (χ3n) is 7.47. The summed E-state index contributed by atoms with van der Waals surface area (Å²) in [7, 11) is 0. The minimum atomic E-state index is -1.35. The zero-order valence-corrected chi connectivity index (χ0v) is 23.7. The molecule has 0 atom stereocenters. The Morgan fingerprint density at radius 2 is 0.706 bits per heavy atom. The van der Waals surface area contributed by atoms with E-state index in [-0.39, 0.29) is 5.41 Å². The highest BCUT2D eigenvalue weighted by atomic mass is 14.2. The first-order valence-electron chi connectivity index (χ1n) is 12.8. The van der Waals surface area contributed by atoms with E-state index in [9.17, 15) is 0 Å². The van der Waals surface area contributed by atoms with E-state index < -0.39 is 6.15 Å². The van der Waals surface area contributed by atoms with Gasteiger partial charge in [-0.2, -0.15) is 16.4 Å². The van der Waals surface area contributed by atoms with Gasteiger partial charge < -0.3 is 0 Å². The van der Waals surface area contributed by atoms with E-state index in [1.54, 1.807) is 0 Å². The number of hydrogen-bond acceptors (Lipinski definition) is 0. The summed E-state index contributed by atoms with van der Waals surface area (Å²) in [6, 6.07) is 14.3. The van der Waals surface area contributed by atoms with E-state index in [2.05, 4.69) is 132 Å². The van der Waals surface area contributed by atoms with Gasteiger partial charge >= 0.3 is 0 Å². The normalized spacial score (nSPS) is 12.6. The summed E-state index contributed by atoms with van der Waals surface area (Å²) < 4.78 is 0. The lowest BCUT2D eigenvalue weighted by molar-refractivity contribution is 0.545. The number of hydrogen-bond donors (Lipinski definition) is 0. The predicted molar refractivity (Wildman–Crippen MR) is 155 cm³/mol. The standard InChI is InChI=1S/C33H44B/c1-21-15-24(4)30(25(5)16-21)34(14-13-33(10,11)12,31-26(6)17-22(2)18-27(31)7)32-28(8)19-23(3)20-29(32)9/h13-20H,1-12H3/q-1/b14-13+. The molecule has 0 bridgehead atoms. The van der Waals surface area contributed by atoms with Crippen molar-refractivity contribution in [2.45, 2.75) is 83.1 Å². The van der Waals surface area contributed by atoms with Crippen molar-refractivity contribution < 1.29 is 0 Å². The Hall–Kier alpha value is -2.54. The fraction of sp³-hybridized carbons (Fsp3) is 0.394. The number of aryl methyl sites for hydroxylation is 9. The van der Waals surface area contributed by atoms with Gasteiger partial charge in [0.25, 0.3) is 0 Å². The van der Waals surface area contributed by atoms with Crippen LogP contribution < -0.4 is 16.4 Å². The topological polar surface area (TPSA) is 0 Å². The van der Waals surface area contributed by atoms with Crippen molar-refractivity contribution >= 4 is 22.5 Å². The van der Waals surface area contributed by atoms with Crippen LogP contribution in [0.1, 0.15) is 70.8 Å². The highest BCUT2D eigenvalue weighted by Gasteiger charge is 2.34. The maximum atomic E-state index is 2.60. The molecule has 1 heteroatoms. The Morgan fingerprint density at radius 3 is 0.912 bits per heavy atom. The Morgan fingerprint density at radius 1 is 0.471 bits per heavy atom. The SMILES string of the molecule is Cc1cc(C)c([B-](/C=C/C(C)(C)C)(c2c(C)cc(C)cc2C)c2c(C)cc(C)cc2C)c(C)c1. The zero-order chi connectivity index (χ0) is 25.6. The third-order valence-corrected chi connectivity index (χ3v) is 7.47. The first-order valence-corrected chi connectivity index (χ1v) is 12.8. The van der Waals surface area contributed by atoms with Crippen LogP contribution in [0, 0.1) is 67.7 Å². The summed E-state index contributed by atoms with van der Waals surface area (Å²) in [5.74, 6) is 2.60. The molecule has 0 aliphatic heterocycles. The highest BCUT2D eigenvalue weighted by Crippen LogP contribution is 2.25. The Balaban J connectivity index is 2.70. The molecule has 0 amide bonds. The van der Waals surface area contributed by atoms with Crippen LogP contribution in [0.3, 0.4) is 0 Å². The van der Waals surface area contributed by atoms with Crippen molar-refractivity contribution in [3.63, 3.8) is 0 Å². The summed E-state index contributed by atoms with van der Waals surface area (Å²) in [5.41, 5.74) is 16.8. The quantitative estimate of drug-likeness (QED) is 0.372. The molecule has 3 aromatic carbocycles. The fourth-order valence-electron chi connectivity index (χ4n) is 6.88. The summed E-state index contributed by atoms with van der Waals surface area (Å²) in [6.45, 7) is 27.5. The largest absolute Gasteiger partial charge is 0.235 e. The summed E-state index contributed by atoms with van der Waals surface area (Å²) in [5, 5.41) is 0. The molecule has 0 spiro atoms. The van der Waals surface area contributed by atoms with Crippen molar-refractivity contribution in [2.24, 2.45) is 5.41 Å². The van der Waals surface area contributed by atoms with E-state index in [4.69, 9.17) is 0 Å². The zero-order valence-electron chi connectivity index (χ0n) is 23.7. The van der Waals surface area contributed by atoms with Crippen LogP contribution in [0.4, 0.5) is 0 Å². The maximum Gasteiger partial charge on any atom is 0.102 e. The number of benzene rings is 3. The first-order chi connectivity index (χ1) is 15.7. The smallest absolute Gasteiger partial charge is 0.102 e. The summed E-state index contributed by atoms with van der Waals surface area (Å²) in [4.78, 5) is 0. The summed E-state index contributed by atoms with van der Waals surface area (Å²) >= 11 is 0. The monoisotopic (exact) mass is 451 g/mol. The Bertz CT molecular complexity index is 1060. The van der Waals surface area contributed by atoms with E-state index in [1.807, 2.05) is 0 Å². The lowest BCUT2D eigenvalue weighted by atomic mass is 9.13. The first kappa shape index (κ1) is 26.1. The van der Waals surface area contributed by atoms with Crippen molar-refractivity contribution in [1.82, 2.24) is 0 Å². The maximum absolute atomic E-state index is 2.60. The van der Waals surface area contributed by atoms with Crippen molar-refractivity contribution in [3.8, 4) is 0 Å². The van der Waals surface area contributed by atoms with Crippen LogP contribution in [0.2, 0.25) is 0 Å². The van der Waals surface area contributed by atoms with Gasteiger partial charge in [0, 0.05) is 0 Å². The highest BCUT2D eigenvalue weighted by molar-refractivity contribution is 7.16. The van der Waals surface area contributed by atoms with Gasteiger partial charge in [0.2, 0.25) is 0 Å². The fourth-order valence-corrected chi connectivity index (χ4v) is 6.88. The van der Waals surface area contributed by atoms with Crippen molar-refractivity contribution in [2.75, 3.05) is 0 Å². The Labute approximate surface area is 209 Å². The van der Waals surface area contributed by atoms with Gasteiger partial charge in [-0.25, -0.2) is 5.98 Å². The van der Waals surface area contributed by atoms with Crippen LogP contribution in [0.25, 0.3) is 0 Å². The Kier molecular flexibility index (Phi) is 7.10. The lowest BCUT2D eigenvalue weighted by Crippen LogP contribution is -2.70. The molecule has 0 saturated carbocycles. The molecule has 0 N–H and O–H groups in total. The minimum Gasteiger partial charge on any atom is -0.235 e. The second kappa shape index (κ2) is 9.25. The third kappa shape index (κ3) is 4.81. The molecule has 0 unspecified atom stereocenters. The lowest BCUT2D eigenvalue weighted by Gasteiger charge is -2.48. The average Bonchev–Trinajstić information content (AvgIpc) is 2.63. The van der Waals surface area contributed by atoms with Gasteiger partial charge in [-0.15, -0.1) is 6.08 Å². The molecule has 0 radical (unpaired) electrons. The molecule has 34 heavy (non-hydrogen) atoms. The van der Waals surface area contributed by atoms with Crippen LogP contribution >= 0.6 is 0 Å². The van der Waals surface area contributed by atoms with Crippen LogP contribution in [0.15, 0.2) is 48.4 Å². The van der Waals surface area contributed by atoms with Crippen LogP contribution in [-0.2, 0) is 0 Å². The van der Waals surface area contributed by atoms with E-state index in [0.29, 0.717) is 0 Å². The van der Waals surface area contributed by atoms with Crippen LogP contribution in [-0.4, -0.2) is 6.15 Å². The molecule has 0 heterocycles. The van der Waals surface area contributed by atoms with E-state index in [1.165, 1.54) is 66.5 Å². The number of allylic oxidation sites excluding steroid dienone is 1. The summed E-state index contributed by atoms with van der Waals surface area (Å²) in [6.07, 6.45) is 1.11. The molecule has 0 fully saturated rings. The molecule has 0 nitrogen and oxygen atoms in total. The van der Waals surface area contributed by atoms with E-state index in [0.717, 1.165) is 0 Å². The predicted octanol–water partition coefficient (Wildman–Crippen LogP) is 7.07. The molecular weight excluding hydrogens is 407 g/mol. The number of rotatable bonds is 4. The molecule has 0 aliphatic carbocycles.